The zero-order valence-corrected chi connectivity index (χ0v) is 21.7. The van der Waals surface area contributed by atoms with Crippen LogP contribution >= 0.6 is 22.9 Å². The van der Waals surface area contributed by atoms with E-state index < -0.39 is 0 Å². The van der Waals surface area contributed by atoms with E-state index in [1.807, 2.05) is 47.4 Å². The number of carbonyl (C=O) groups is 1. The molecule has 1 aromatic carbocycles. The smallest absolute Gasteiger partial charge is 0.328 e. The van der Waals surface area contributed by atoms with Gasteiger partial charge in [-0.1, -0.05) is 23.8 Å². The van der Waals surface area contributed by atoms with Gasteiger partial charge in [-0.05, 0) is 42.8 Å². The maximum Gasteiger partial charge on any atom is 0.328 e. The standard InChI is InChI=1S/C26H26ClN7O2S/c27-18-4-6-19(7-5-18)33-10-11-34(26(33)35)20-3-1-2-17(16-20)23-22(21-8-9-29-24(28)30-21)31-25(37-23)32-12-14-36-15-13-32/h1-9,17H,10-16H2,(H2,28,29,30). The van der Waals surface area contributed by atoms with E-state index in [1.165, 1.54) is 0 Å². The summed E-state index contributed by atoms with van der Waals surface area (Å²) in [6, 6.07) is 9.20. The van der Waals surface area contributed by atoms with Gasteiger partial charge in [0.25, 0.3) is 0 Å². The predicted molar refractivity (Wildman–Crippen MR) is 146 cm³/mol. The third kappa shape index (κ3) is 4.79. The second-order valence-electron chi connectivity index (χ2n) is 9.02. The molecule has 0 saturated carbocycles. The third-order valence-electron chi connectivity index (χ3n) is 6.73. The lowest BCUT2D eigenvalue weighted by molar-refractivity contribution is 0.122. The number of rotatable bonds is 5. The summed E-state index contributed by atoms with van der Waals surface area (Å²) in [6.07, 6.45) is 8.59. The van der Waals surface area contributed by atoms with Crippen molar-refractivity contribution in [3.63, 3.8) is 0 Å². The maximum absolute atomic E-state index is 13.4. The highest BCUT2D eigenvalue weighted by Crippen LogP contribution is 2.42. The van der Waals surface area contributed by atoms with Gasteiger partial charge >= 0.3 is 6.03 Å². The van der Waals surface area contributed by atoms with E-state index >= 15 is 0 Å². The van der Waals surface area contributed by atoms with E-state index in [4.69, 9.17) is 27.1 Å². The van der Waals surface area contributed by atoms with Gasteiger partial charge in [-0.2, -0.15) is 0 Å². The van der Waals surface area contributed by atoms with Gasteiger partial charge in [0.05, 0.1) is 18.9 Å². The molecule has 2 fully saturated rings. The van der Waals surface area contributed by atoms with Crippen LogP contribution in [0, 0.1) is 0 Å². The molecule has 37 heavy (non-hydrogen) atoms. The zero-order valence-electron chi connectivity index (χ0n) is 20.1. The largest absolute Gasteiger partial charge is 0.378 e. The summed E-state index contributed by atoms with van der Waals surface area (Å²) >= 11 is 7.71. The van der Waals surface area contributed by atoms with Crippen LogP contribution in [0.2, 0.25) is 5.02 Å². The van der Waals surface area contributed by atoms with E-state index in [-0.39, 0.29) is 17.9 Å². The molecule has 6 rings (SSSR count). The molecule has 0 bridgehead atoms. The first-order chi connectivity index (χ1) is 18.1. The van der Waals surface area contributed by atoms with Crippen LogP contribution in [0.5, 0.6) is 0 Å². The van der Waals surface area contributed by atoms with Crippen molar-refractivity contribution in [3.05, 3.63) is 70.4 Å². The van der Waals surface area contributed by atoms with Crippen molar-refractivity contribution in [2.24, 2.45) is 0 Å². The molecule has 9 nitrogen and oxygen atoms in total. The summed E-state index contributed by atoms with van der Waals surface area (Å²) in [5, 5.41) is 1.60. The number of hydrogen-bond acceptors (Lipinski definition) is 8. The number of carbonyl (C=O) groups excluding carboxylic acids is 1. The lowest BCUT2D eigenvalue weighted by atomic mass is 9.94. The summed E-state index contributed by atoms with van der Waals surface area (Å²) in [6.45, 7) is 4.22. The molecule has 4 heterocycles. The minimum absolute atomic E-state index is 0.0234. The molecule has 2 N–H and O–H groups in total. The van der Waals surface area contributed by atoms with E-state index in [1.54, 1.807) is 22.4 Å². The predicted octanol–water partition coefficient (Wildman–Crippen LogP) is 4.54. The first-order valence-corrected chi connectivity index (χ1v) is 13.4. The summed E-state index contributed by atoms with van der Waals surface area (Å²) in [5.74, 6) is 0.268. The van der Waals surface area contributed by atoms with Gasteiger partial charge in [0.2, 0.25) is 5.95 Å². The van der Waals surface area contributed by atoms with Crippen LogP contribution in [0.15, 0.2) is 60.5 Å². The summed E-state index contributed by atoms with van der Waals surface area (Å²) < 4.78 is 5.53. The average molecular weight is 536 g/mol. The molecular formula is C26H26ClN7O2S. The Kier molecular flexibility index (Phi) is 6.54. The van der Waals surface area contributed by atoms with Crippen molar-refractivity contribution in [2.75, 3.05) is 54.9 Å². The number of thiazole rings is 1. The molecule has 1 unspecified atom stereocenters. The number of ether oxygens (including phenoxy) is 1. The summed E-state index contributed by atoms with van der Waals surface area (Å²) in [5.41, 5.74) is 9.26. The van der Waals surface area contributed by atoms with Crippen molar-refractivity contribution < 1.29 is 9.53 Å². The van der Waals surface area contributed by atoms with Crippen LogP contribution in [-0.2, 0) is 4.74 Å². The van der Waals surface area contributed by atoms with E-state index in [0.717, 1.165) is 40.2 Å². The molecule has 2 amide bonds. The number of nitrogens with two attached hydrogens (primary N) is 1. The molecule has 190 valence electrons. The van der Waals surface area contributed by atoms with Gasteiger partial charge in [-0.3, -0.25) is 9.80 Å². The monoisotopic (exact) mass is 535 g/mol. The molecular weight excluding hydrogens is 510 g/mol. The first-order valence-electron chi connectivity index (χ1n) is 12.2. The molecule has 11 heteroatoms. The normalized spacial score (nSPS) is 20.0. The Morgan fingerprint density at radius 2 is 1.81 bits per heavy atom. The Bertz CT molecular complexity index is 1370. The fourth-order valence-corrected chi connectivity index (χ4v) is 6.19. The highest BCUT2D eigenvalue weighted by Gasteiger charge is 2.34. The quantitative estimate of drug-likeness (QED) is 0.511. The van der Waals surface area contributed by atoms with Crippen LogP contribution in [0.25, 0.3) is 11.4 Å². The zero-order chi connectivity index (χ0) is 25.4. The Hall–Kier alpha value is -3.47. The third-order valence-corrected chi connectivity index (χ3v) is 8.23. The van der Waals surface area contributed by atoms with Gasteiger partial charge < -0.3 is 15.4 Å². The maximum atomic E-state index is 13.4. The molecule has 2 aromatic heterocycles. The van der Waals surface area contributed by atoms with Crippen LogP contribution in [0.3, 0.4) is 0 Å². The second kappa shape index (κ2) is 10.1. The van der Waals surface area contributed by atoms with Crippen LogP contribution in [-0.4, -0.2) is 65.3 Å². The van der Waals surface area contributed by atoms with E-state index in [0.29, 0.717) is 43.4 Å². The molecule has 1 atom stereocenters. The lowest BCUT2D eigenvalue weighted by Gasteiger charge is -2.26. The molecule has 3 aliphatic rings. The molecule has 1 aliphatic carbocycles. The van der Waals surface area contributed by atoms with Crippen molar-refractivity contribution >= 4 is 45.7 Å². The number of anilines is 3. The summed E-state index contributed by atoms with van der Waals surface area (Å²) in [4.78, 5) is 33.9. The first kappa shape index (κ1) is 23.9. The van der Waals surface area contributed by atoms with Gasteiger partial charge in [0.15, 0.2) is 5.13 Å². The van der Waals surface area contributed by atoms with Crippen LogP contribution in [0.4, 0.5) is 21.6 Å². The lowest BCUT2D eigenvalue weighted by Crippen LogP contribution is -2.36. The van der Waals surface area contributed by atoms with Crippen LogP contribution < -0.4 is 15.5 Å². The number of halogens is 1. The number of benzene rings is 1. The minimum Gasteiger partial charge on any atom is -0.378 e. The van der Waals surface area contributed by atoms with Gasteiger partial charge in [-0.15, -0.1) is 11.3 Å². The van der Waals surface area contributed by atoms with Gasteiger partial charge in [-0.25, -0.2) is 19.7 Å². The Morgan fingerprint density at radius 3 is 2.59 bits per heavy atom. The number of nitrogens with zero attached hydrogens (tertiary/aromatic N) is 6. The molecule has 2 aliphatic heterocycles. The fraction of sp³-hybridized carbons (Fsp3) is 0.308. The van der Waals surface area contributed by atoms with Crippen molar-refractivity contribution in [1.29, 1.82) is 0 Å². The van der Waals surface area contributed by atoms with Crippen LogP contribution in [0.1, 0.15) is 17.2 Å². The minimum atomic E-state index is -0.0234. The number of aromatic nitrogens is 3. The fourth-order valence-electron chi connectivity index (χ4n) is 4.86. The molecule has 2 saturated heterocycles. The van der Waals surface area contributed by atoms with E-state index in [2.05, 4.69) is 20.9 Å². The summed E-state index contributed by atoms with van der Waals surface area (Å²) in [7, 11) is 0. The average Bonchev–Trinajstić information content (AvgIpc) is 3.54. The number of urea groups is 1. The number of hydrogen-bond donors (Lipinski definition) is 1. The second-order valence-corrected chi connectivity index (χ2v) is 10.5. The highest BCUT2D eigenvalue weighted by atomic mass is 35.5. The van der Waals surface area contributed by atoms with Crippen molar-refractivity contribution in [1.82, 2.24) is 19.9 Å². The van der Waals surface area contributed by atoms with Gasteiger partial charge in [0.1, 0.15) is 5.69 Å². The molecule has 3 aromatic rings. The van der Waals surface area contributed by atoms with E-state index in [9.17, 15) is 4.79 Å². The van der Waals surface area contributed by atoms with Crippen molar-refractivity contribution in [2.45, 2.75) is 12.3 Å². The topological polar surface area (TPSA) is 101 Å². The SMILES string of the molecule is Nc1nccc(-c2nc(N3CCOCC3)sc2C2C=CC=C(N3CCN(c4ccc(Cl)cc4)C3=O)C2)n1. The number of amides is 2. The number of nitrogen functional groups attached to an aromatic ring is 1. The molecule has 0 spiro atoms. The molecule has 0 radical (unpaired) electrons. The Morgan fingerprint density at radius 1 is 1.03 bits per heavy atom. The van der Waals surface area contributed by atoms with Crippen molar-refractivity contribution in [3.8, 4) is 11.4 Å². The van der Waals surface area contributed by atoms with Gasteiger partial charge in [0, 0.05) is 59.6 Å². The highest BCUT2D eigenvalue weighted by molar-refractivity contribution is 7.16. The Labute approximate surface area is 223 Å². The number of morpholine rings is 1. The Balaban J connectivity index is 1.27. The number of allylic oxidation sites excluding steroid dienone is 4.